The zero-order valence-electron chi connectivity index (χ0n) is 11.8. The van der Waals surface area contributed by atoms with Crippen LogP contribution in [-0.2, 0) is 19.1 Å². The zero-order chi connectivity index (χ0) is 14.8. The summed E-state index contributed by atoms with van der Waals surface area (Å²) in [5, 5.41) is 8.85. The van der Waals surface area contributed by atoms with E-state index in [-0.39, 0.29) is 6.61 Å². The number of allylic oxidation sites excluding steroid dienone is 2. The molecule has 0 bridgehead atoms. The van der Waals surface area contributed by atoms with Gasteiger partial charge in [0.25, 0.3) is 0 Å². The molecule has 0 atom stereocenters. The predicted molar refractivity (Wildman–Crippen MR) is 71.4 cm³/mol. The van der Waals surface area contributed by atoms with Crippen molar-refractivity contribution < 1.29 is 24.2 Å². The molecule has 19 heavy (non-hydrogen) atoms. The van der Waals surface area contributed by atoms with Gasteiger partial charge in [-0.2, -0.15) is 0 Å². The first-order valence-electron chi connectivity index (χ1n) is 6.05. The fourth-order valence-corrected chi connectivity index (χ4v) is 1.45. The van der Waals surface area contributed by atoms with Gasteiger partial charge < -0.3 is 14.6 Å². The maximum Gasteiger partial charge on any atom is 0.320 e. The maximum atomic E-state index is 11.4. The van der Waals surface area contributed by atoms with Gasteiger partial charge in [0.05, 0.1) is 20.8 Å². The summed E-state index contributed by atoms with van der Waals surface area (Å²) in [6.07, 6.45) is 3.31. The Kier molecular flexibility index (Phi) is 8.53. The molecule has 0 heterocycles. The van der Waals surface area contributed by atoms with E-state index in [9.17, 15) is 9.59 Å². The lowest BCUT2D eigenvalue weighted by Crippen LogP contribution is -2.26. The molecule has 0 aliphatic heterocycles. The second-order valence-corrected chi connectivity index (χ2v) is 4.30. The van der Waals surface area contributed by atoms with Gasteiger partial charge in [0.1, 0.15) is 0 Å². The van der Waals surface area contributed by atoms with E-state index in [1.807, 2.05) is 13.0 Å². The van der Waals surface area contributed by atoms with Crippen molar-refractivity contribution in [3.8, 4) is 0 Å². The standard InChI is InChI=1S/C14H22O5/c1-10(5-6-11(2)9-15)7-8-12(13(16)18-3)14(17)19-4/h6,12,15H,1,5,7-9H2,2-4H3/b11-6+. The lowest BCUT2D eigenvalue weighted by molar-refractivity contribution is -0.159. The summed E-state index contributed by atoms with van der Waals surface area (Å²) in [5.74, 6) is -2.10. The van der Waals surface area contributed by atoms with Crippen molar-refractivity contribution in [2.75, 3.05) is 20.8 Å². The lowest BCUT2D eigenvalue weighted by atomic mass is 9.98. The van der Waals surface area contributed by atoms with Crippen LogP contribution in [-0.4, -0.2) is 37.9 Å². The molecule has 0 aliphatic carbocycles. The second-order valence-electron chi connectivity index (χ2n) is 4.30. The first kappa shape index (κ1) is 17.4. The van der Waals surface area contributed by atoms with E-state index >= 15 is 0 Å². The molecule has 1 N–H and O–H groups in total. The van der Waals surface area contributed by atoms with E-state index in [0.717, 1.165) is 11.1 Å². The second kappa shape index (κ2) is 9.33. The Balaban J connectivity index is 4.36. The summed E-state index contributed by atoms with van der Waals surface area (Å²) in [6.45, 7) is 5.71. The first-order valence-corrected chi connectivity index (χ1v) is 6.05. The van der Waals surface area contributed by atoms with E-state index in [2.05, 4.69) is 16.1 Å². The van der Waals surface area contributed by atoms with Gasteiger partial charge in [-0.15, -0.1) is 0 Å². The molecule has 0 aliphatic rings. The topological polar surface area (TPSA) is 72.8 Å². The highest BCUT2D eigenvalue weighted by Crippen LogP contribution is 2.17. The summed E-state index contributed by atoms with van der Waals surface area (Å²) < 4.78 is 9.14. The van der Waals surface area contributed by atoms with Crippen LogP contribution in [0.1, 0.15) is 26.2 Å². The Labute approximate surface area is 113 Å². The van der Waals surface area contributed by atoms with Crippen molar-refractivity contribution in [3.63, 3.8) is 0 Å². The Hall–Kier alpha value is -1.62. The number of ether oxygens (including phenoxy) is 2. The van der Waals surface area contributed by atoms with Gasteiger partial charge in [-0.05, 0) is 26.2 Å². The minimum absolute atomic E-state index is 0.0141. The third-order valence-corrected chi connectivity index (χ3v) is 2.75. The van der Waals surface area contributed by atoms with Crippen molar-refractivity contribution in [2.24, 2.45) is 5.92 Å². The van der Waals surface area contributed by atoms with Crippen molar-refractivity contribution in [2.45, 2.75) is 26.2 Å². The van der Waals surface area contributed by atoms with Gasteiger partial charge in [-0.1, -0.05) is 23.8 Å². The van der Waals surface area contributed by atoms with E-state index in [1.165, 1.54) is 14.2 Å². The number of hydrogen-bond acceptors (Lipinski definition) is 5. The van der Waals surface area contributed by atoms with Crippen LogP contribution in [0.15, 0.2) is 23.8 Å². The maximum absolute atomic E-state index is 11.4. The highest BCUT2D eigenvalue weighted by atomic mass is 16.5. The highest BCUT2D eigenvalue weighted by molar-refractivity contribution is 5.94. The molecule has 0 unspecified atom stereocenters. The SMILES string of the molecule is C=C(C/C=C(\C)CO)CCC(C(=O)OC)C(=O)OC. The van der Waals surface area contributed by atoms with Gasteiger partial charge in [-0.3, -0.25) is 9.59 Å². The number of aliphatic hydroxyl groups is 1. The molecule has 5 heteroatoms. The highest BCUT2D eigenvalue weighted by Gasteiger charge is 2.28. The number of aliphatic hydroxyl groups excluding tert-OH is 1. The normalized spacial score (nSPS) is 11.3. The molecule has 5 nitrogen and oxygen atoms in total. The largest absolute Gasteiger partial charge is 0.468 e. The fraction of sp³-hybridized carbons (Fsp3) is 0.571. The van der Waals surface area contributed by atoms with Crippen molar-refractivity contribution in [1.82, 2.24) is 0 Å². The van der Waals surface area contributed by atoms with Gasteiger partial charge in [0.15, 0.2) is 5.92 Å². The van der Waals surface area contributed by atoms with Crippen LogP contribution in [0, 0.1) is 5.92 Å². The zero-order valence-corrected chi connectivity index (χ0v) is 11.8. The quantitative estimate of drug-likeness (QED) is 0.412. The van der Waals surface area contributed by atoms with Crippen molar-refractivity contribution in [3.05, 3.63) is 23.8 Å². The molecule has 0 rings (SSSR count). The van der Waals surface area contributed by atoms with Crippen molar-refractivity contribution in [1.29, 1.82) is 0 Å². The third kappa shape index (κ3) is 6.76. The summed E-state index contributed by atoms with van der Waals surface area (Å²) in [6, 6.07) is 0. The van der Waals surface area contributed by atoms with Gasteiger partial charge in [0, 0.05) is 0 Å². The molecule has 0 amide bonds. The Morgan fingerprint density at radius 1 is 1.26 bits per heavy atom. The first-order chi connectivity index (χ1) is 8.96. The Bertz CT molecular complexity index is 341. The smallest absolute Gasteiger partial charge is 0.320 e. The Morgan fingerprint density at radius 3 is 2.21 bits per heavy atom. The van der Waals surface area contributed by atoms with Crippen LogP contribution in [0.3, 0.4) is 0 Å². The van der Waals surface area contributed by atoms with Gasteiger partial charge in [0.2, 0.25) is 0 Å². The molecule has 0 saturated heterocycles. The third-order valence-electron chi connectivity index (χ3n) is 2.75. The van der Waals surface area contributed by atoms with Gasteiger partial charge in [-0.25, -0.2) is 0 Å². The minimum Gasteiger partial charge on any atom is -0.468 e. The molecule has 0 saturated carbocycles. The average molecular weight is 270 g/mol. The summed E-state index contributed by atoms with van der Waals surface area (Å²) in [5.41, 5.74) is 1.74. The number of hydrogen-bond donors (Lipinski definition) is 1. The van der Waals surface area contributed by atoms with Gasteiger partial charge >= 0.3 is 11.9 Å². The average Bonchev–Trinajstić information content (AvgIpc) is 2.43. The molecule has 108 valence electrons. The molecular weight excluding hydrogens is 248 g/mol. The number of esters is 2. The van der Waals surface area contributed by atoms with Crippen LogP contribution in [0.4, 0.5) is 0 Å². The Morgan fingerprint density at radius 2 is 1.79 bits per heavy atom. The van der Waals surface area contributed by atoms with Crippen molar-refractivity contribution >= 4 is 11.9 Å². The molecule has 0 fully saturated rings. The van der Waals surface area contributed by atoms with E-state index in [0.29, 0.717) is 19.3 Å². The summed E-state index contributed by atoms with van der Waals surface area (Å²) in [7, 11) is 2.47. The summed E-state index contributed by atoms with van der Waals surface area (Å²) >= 11 is 0. The van der Waals surface area contributed by atoms with E-state index in [1.54, 1.807) is 0 Å². The van der Waals surface area contributed by atoms with Crippen LogP contribution < -0.4 is 0 Å². The van der Waals surface area contributed by atoms with Crippen LogP contribution >= 0.6 is 0 Å². The molecule has 0 radical (unpaired) electrons. The monoisotopic (exact) mass is 270 g/mol. The fourth-order valence-electron chi connectivity index (χ4n) is 1.45. The molecular formula is C14H22O5. The minimum atomic E-state index is -0.908. The number of rotatable bonds is 8. The van der Waals surface area contributed by atoms with E-state index in [4.69, 9.17) is 5.11 Å². The number of carbonyl (C=O) groups excluding carboxylic acids is 2. The van der Waals surface area contributed by atoms with Crippen LogP contribution in [0.5, 0.6) is 0 Å². The molecule has 0 aromatic carbocycles. The number of carbonyl (C=O) groups is 2. The predicted octanol–water partition coefficient (Wildman–Crippen LogP) is 1.61. The molecule has 0 spiro atoms. The summed E-state index contributed by atoms with van der Waals surface area (Å²) in [4.78, 5) is 22.9. The van der Waals surface area contributed by atoms with E-state index < -0.39 is 17.9 Å². The molecule has 0 aromatic heterocycles. The number of methoxy groups -OCH3 is 2. The van der Waals surface area contributed by atoms with Crippen LogP contribution in [0.2, 0.25) is 0 Å². The van der Waals surface area contributed by atoms with Crippen LogP contribution in [0.25, 0.3) is 0 Å². The molecule has 0 aromatic rings. The lowest BCUT2D eigenvalue weighted by Gasteiger charge is -2.12.